The lowest BCUT2D eigenvalue weighted by atomic mass is 9.81. The molecule has 1 aliphatic carbocycles. The van der Waals surface area contributed by atoms with Gasteiger partial charge in [0.25, 0.3) is 0 Å². The van der Waals surface area contributed by atoms with Crippen LogP contribution in [0.5, 0.6) is 0 Å². The van der Waals surface area contributed by atoms with Crippen LogP contribution in [-0.2, 0) is 11.2 Å². The molecule has 1 aromatic rings. The van der Waals surface area contributed by atoms with Crippen molar-refractivity contribution in [3.8, 4) is 0 Å². The number of hydrogen-bond donors (Lipinski definition) is 2. The third-order valence-corrected chi connectivity index (χ3v) is 4.20. The lowest BCUT2D eigenvalue weighted by Crippen LogP contribution is -2.35. The second kappa shape index (κ2) is 7.39. The van der Waals surface area contributed by atoms with Crippen molar-refractivity contribution in [2.75, 3.05) is 13.1 Å². The van der Waals surface area contributed by atoms with Crippen LogP contribution in [0.25, 0.3) is 0 Å². The molecule has 0 aromatic heterocycles. The molecule has 4 heteroatoms. The molecular weight excluding hydrogens is 255 g/mol. The Bertz CT molecular complexity index is 442. The van der Waals surface area contributed by atoms with E-state index in [0.717, 1.165) is 32.2 Å². The normalized spacial score (nSPS) is 22.5. The molecule has 1 saturated carbocycles. The summed E-state index contributed by atoms with van der Waals surface area (Å²) in [7, 11) is 0. The number of hydrogen-bond acceptors (Lipinski definition) is 2. The van der Waals surface area contributed by atoms with Gasteiger partial charge in [-0.3, -0.25) is 4.79 Å². The Kier molecular flexibility index (Phi) is 5.53. The van der Waals surface area contributed by atoms with Crippen molar-refractivity contribution >= 4 is 5.91 Å². The maximum absolute atomic E-state index is 13.4. The first kappa shape index (κ1) is 15.0. The van der Waals surface area contributed by atoms with Crippen LogP contribution in [0.4, 0.5) is 4.39 Å². The zero-order valence-corrected chi connectivity index (χ0v) is 11.8. The topological polar surface area (TPSA) is 55.1 Å². The maximum Gasteiger partial charge on any atom is 0.223 e. The molecule has 110 valence electrons. The van der Waals surface area contributed by atoms with Gasteiger partial charge in [0.2, 0.25) is 5.91 Å². The Balaban J connectivity index is 1.72. The van der Waals surface area contributed by atoms with Gasteiger partial charge in [-0.05, 0) is 56.2 Å². The molecule has 0 unspecified atom stereocenters. The van der Waals surface area contributed by atoms with E-state index in [1.54, 1.807) is 12.1 Å². The quantitative estimate of drug-likeness (QED) is 0.868. The van der Waals surface area contributed by atoms with E-state index < -0.39 is 0 Å². The Hall–Kier alpha value is -1.42. The SMILES string of the molecule is NCC1CCC(C(=O)NCCc2ccccc2F)CC1. The fraction of sp³-hybridized carbons (Fsp3) is 0.562. The Morgan fingerprint density at radius 2 is 1.95 bits per heavy atom. The Labute approximate surface area is 119 Å². The number of benzene rings is 1. The molecule has 3 nitrogen and oxygen atoms in total. The first-order valence-electron chi connectivity index (χ1n) is 7.42. The monoisotopic (exact) mass is 278 g/mol. The second-order valence-corrected chi connectivity index (χ2v) is 5.59. The minimum atomic E-state index is -0.204. The number of rotatable bonds is 5. The van der Waals surface area contributed by atoms with E-state index in [0.29, 0.717) is 24.4 Å². The van der Waals surface area contributed by atoms with Crippen LogP contribution in [-0.4, -0.2) is 19.0 Å². The van der Waals surface area contributed by atoms with Crippen molar-refractivity contribution in [3.63, 3.8) is 0 Å². The van der Waals surface area contributed by atoms with Crippen molar-refractivity contribution in [1.29, 1.82) is 0 Å². The molecule has 20 heavy (non-hydrogen) atoms. The fourth-order valence-electron chi connectivity index (χ4n) is 2.83. The molecule has 3 N–H and O–H groups in total. The molecule has 2 rings (SSSR count). The van der Waals surface area contributed by atoms with Gasteiger partial charge in [0.15, 0.2) is 0 Å². The molecular formula is C16H23FN2O. The summed E-state index contributed by atoms with van der Waals surface area (Å²) in [5.41, 5.74) is 6.30. The standard InChI is InChI=1S/C16H23FN2O/c17-15-4-2-1-3-13(15)9-10-19-16(20)14-7-5-12(11-18)6-8-14/h1-4,12,14H,5-11,18H2,(H,19,20). The zero-order chi connectivity index (χ0) is 14.4. The number of halogens is 1. The lowest BCUT2D eigenvalue weighted by molar-refractivity contribution is -0.126. The summed E-state index contributed by atoms with van der Waals surface area (Å²) in [5.74, 6) is 0.595. The van der Waals surface area contributed by atoms with Crippen LogP contribution < -0.4 is 11.1 Å². The van der Waals surface area contributed by atoms with Crippen molar-refractivity contribution in [2.24, 2.45) is 17.6 Å². The van der Waals surface area contributed by atoms with Crippen LogP contribution in [0.2, 0.25) is 0 Å². The van der Waals surface area contributed by atoms with Crippen molar-refractivity contribution in [3.05, 3.63) is 35.6 Å². The van der Waals surface area contributed by atoms with Crippen LogP contribution in [0, 0.1) is 17.7 Å². The summed E-state index contributed by atoms with van der Waals surface area (Å²) in [4.78, 5) is 12.0. The number of amides is 1. The average molecular weight is 278 g/mol. The van der Waals surface area contributed by atoms with E-state index in [1.807, 2.05) is 6.07 Å². The summed E-state index contributed by atoms with van der Waals surface area (Å²) in [6.45, 7) is 1.22. The smallest absolute Gasteiger partial charge is 0.223 e. The number of carbonyl (C=O) groups is 1. The first-order valence-corrected chi connectivity index (χ1v) is 7.42. The van der Waals surface area contributed by atoms with Gasteiger partial charge in [-0.2, -0.15) is 0 Å². The molecule has 1 fully saturated rings. The van der Waals surface area contributed by atoms with Gasteiger partial charge in [0.1, 0.15) is 5.82 Å². The van der Waals surface area contributed by atoms with Gasteiger partial charge >= 0.3 is 0 Å². The number of carbonyl (C=O) groups excluding carboxylic acids is 1. The molecule has 0 aliphatic heterocycles. The highest BCUT2D eigenvalue weighted by atomic mass is 19.1. The van der Waals surface area contributed by atoms with E-state index >= 15 is 0 Å². The molecule has 0 heterocycles. The van der Waals surface area contributed by atoms with E-state index in [2.05, 4.69) is 5.32 Å². The molecule has 0 atom stereocenters. The summed E-state index contributed by atoms with van der Waals surface area (Å²) in [6.07, 6.45) is 4.47. The number of nitrogens with two attached hydrogens (primary N) is 1. The zero-order valence-electron chi connectivity index (χ0n) is 11.8. The highest BCUT2D eigenvalue weighted by Gasteiger charge is 2.25. The largest absolute Gasteiger partial charge is 0.356 e. The summed E-state index contributed by atoms with van der Waals surface area (Å²) in [6, 6.07) is 6.70. The summed E-state index contributed by atoms with van der Waals surface area (Å²) < 4.78 is 13.4. The van der Waals surface area contributed by atoms with Crippen molar-refractivity contribution in [2.45, 2.75) is 32.1 Å². The average Bonchev–Trinajstić information content (AvgIpc) is 2.49. The summed E-state index contributed by atoms with van der Waals surface area (Å²) >= 11 is 0. The lowest BCUT2D eigenvalue weighted by Gasteiger charge is -2.26. The summed E-state index contributed by atoms with van der Waals surface area (Å²) in [5, 5.41) is 2.92. The van der Waals surface area contributed by atoms with Gasteiger partial charge in [0, 0.05) is 12.5 Å². The molecule has 0 spiro atoms. The first-order chi connectivity index (χ1) is 9.70. The Morgan fingerprint density at radius 1 is 1.25 bits per heavy atom. The molecule has 1 aliphatic rings. The number of nitrogens with one attached hydrogen (secondary N) is 1. The molecule has 0 bridgehead atoms. The fourth-order valence-corrected chi connectivity index (χ4v) is 2.83. The minimum Gasteiger partial charge on any atom is -0.356 e. The molecule has 1 aromatic carbocycles. The van der Waals surface area contributed by atoms with Gasteiger partial charge < -0.3 is 11.1 Å². The van der Waals surface area contributed by atoms with Gasteiger partial charge in [-0.25, -0.2) is 4.39 Å². The van der Waals surface area contributed by atoms with Crippen LogP contribution in [0.1, 0.15) is 31.2 Å². The maximum atomic E-state index is 13.4. The Morgan fingerprint density at radius 3 is 2.60 bits per heavy atom. The van der Waals surface area contributed by atoms with Crippen molar-refractivity contribution in [1.82, 2.24) is 5.32 Å². The third kappa shape index (κ3) is 4.04. The molecule has 0 radical (unpaired) electrons. The van der Waals surface area contributed by atoms with E-state index in [-0.39, 0.29) is 17.6 Å². The van der Waals surface area contributed by atoms with Crippen molar-refractivity contribution < 1.29 is 9.18 Å². The van der Waals surface area contributed by atoms with E-state index in [9.17, 15) is 9.18 Å². The van der Waals surface area contributed by atoms with Crippen LogP contribution >= 0.6 is 0 Å². The predicted octanol–water partition coefficient (Wildman–Crippen LogP) is 2.25. The minimum absolute atomic E-state index is 0.108. The second-order valence-electron chi connectivity index (χ2n) is 5.59. The van der Waals surface area contributed by atoms with Gasteiger partial charge in [-0.1, -0.05) is 18.2 Å². The van der Waals surface area contributed by atoms with E-state index in [1.165, 1.54) is 6.07 Å². The third-order valence-electron chi connectivity index (χ3n) is 4.20. The van der Waals surface area contributed by atoms with Gasteiger partial charge in [-0.15, -0.1) is 0 Å². The van der Waals surface area contributed by atoms with Crippen LogP contribution in [0.15, 0.2) is 24.3 Å². The highest BCUT2D eigenvalue weighted by Crippen LogP contribution is 2.28. The van der Waals surface area contributed by atoms with E-state index in [4.69, 9.17) is 5.73 Å². The molecule has 0 saturated heterocycles. The van der Waals surface area contributed by atoms with Crippen LogP contribution in [0.3, 0.4) is 0 Å². The highest BCUT2D eigenvalue weighted by molar-refractivity contribution is 5.78. The predicted molar refractivity (Wildman–Crippen MR) is 77.6 cm³/mol. The van der Waals surface area contributed by atoms with Gasteiger partial charge in [0.05, 0.1) is 0 Å². The molecule has 1 amide bonds.